The Labute approximate surface area is 149 Å². The maximum Gasteiger partial charge on any atom is 0.272 e. The molecular weight excluding hydrogens is 314 g/mol. The van der Waals surface area contributed by atoms with Crippen molar-refractivity contribution in [2.75, 3.05) is 39.5 Å². The van der Waals surface area contributed by atoms with Gasteiger partial charge in [-0.15, -0.1) is 0 Å². The van der Waals surface area contributed by atoms with Crippen LogP contribution < -0.4 is 5.32 Å². The Hall–Kier alpha value is -2.47. The highest BCUT2D eigenvalue weighted by Crippen LogP contribution is 2.11. The average Bonchev–Trinajstić information content (AvgIpc) is 2.58. The molecule has 134 valence electrons. The van der Waals surface area contributed by atoms with E-state index < -0.39 is 0 Å². The molecule has 6 heteroatoms. The summed E-state index contributed by atoms with van der Waals surface area (Å²) >= 11 is 0. The number of hydrogen-bond acceptors (Lipinski definition) is 5. The van der Waals surface area contributed by atoms with Crippen molar-refractivity contribution in [2.24, 2.45) is 0 Å². The van der Waals surface area contributed by atoms with E-state index in [4.69, 9.17) is 0 Å². The quantitative estimate of drug-likeness (QED) is 0.747. The molecule has 0 saturated carbocycles. The second-order valence-electron chi connectivity index (χ2n) is 6.42. The van der Waals surface area contributed by atoms with E-state index in [0.717, 1.165) is 25.1 Å². The molecule has 1 aromatic carbocycles. The molecule has 1 heterocycles. The number of amides is 1. The van der Waals surface area contributed by atoms with Crippen LogP contribution in [0.5, 0.6) is 0 Å². The second kappa shape index (κ2) is 9.13. The van der Waals surface area contributed by atoms with E-state index in [2.05, 4.69) is 20.2 Å². The van der Waals surface area contributed by atoms with Gasteiger partial charge in [-0.3, -0.25) is 4.79 Å². The van der Waals surface area contributed by atoms with Gasteiger partial charge in [0, 0.05) is 26.2 Å². The summed E-state index contributed by atoms with van der Waals surface area (Å²) < 4.78 is 0. The van der Waals surface area contributed by atoms with Gasteiger partial charge in [-0.25, -0.2) is 9.97 Å². The Kier molecular flexibility index (Phi) is 6.89. The molecule has 0 aliphatic rings. The molecular formula is C19H27N5O. The van der Waals surface area contributed by atoms with E-state index in [-0.39, 0.29) is 5.91 Å². The standard InChI is InChI=1S/C19H27N5O/c1-15-21-17(13-18(22-15)20-11-8-12-23(2)3)19(25)24(4)14-16-9-6-5-7-10-16/h5-7,9-10,13H,8,11-12,14H2,1-4H3,(H,20,21,22). The largest absolute Gasteiger partial charge is 0.370 e. The third-order valence-corrected chi connectivity index (χ3v) is 3.75. The number of aryl methyl sites for hydroxylation is 1. The number of rotatable bonds is 8. The predicted molar refractivity (Wildman–Crippen MR) is 101 cm³/mol. The van der Waals surface area contributed by atoms with Gasteiger partial charge in [0.05, 0.1) is 0 Å². The van der Waals surface area contributed by atoms with Gasteiger partial charge in [0.2, 0.25) is 0 Å². The summed E-state index contributed by atoms with van der Waals surface area (Å²) in [6, 6.07) is 11.6. The number of hydrogen-bond donors (Lipinski definition) is 1. The summed E-state index contributed by atoms with van der Waals surface area (Å²) in [5, 5.41) is 3.28. The van der Waals surface area contributed by atoms with E-state index in [9.17, 15) is 4.79 Å². The molecule has 25 heavy (non-hydrogen) atoms. The van der Waals surface area contributed by atoms with Gasteiger partial charge in [-0.05, 0) is 39.5 Å². The molecule has 2 rings (SSSR count). The Morgan fingerprint density at radius 2 is 1.84 bits per heavy atom. The third kappa shape index (κ3) is 6.15. The number of anilines is 1. The lowest BCUT2D eigenvalue weighted by atomic mass is 10.2. The van der Waals surface area contributed by atoms with E-state index in [1.54, 1.807) is 24.9 Å². The summed E-state index contributed by atoms with van der Waals surface area (Å²) in [6.07, 6.45) is 1.01. The molecule has 0 saturated heterocycles. The predicted octanol–water partition coefficient (Wildman–Crippen LogP) is 2.42. The second-order valence-corrected chi connectivity index (χ2v) is 6.42. The van der Waals surface area contributed by atoms with Gasteiger partial charge in [0.25, 0.3) is 5.91 Å². The lowest BCUT2D eigenvalue weighted by molar-refractivity contribution is 0.0779. The number of carbonyl (C=O) groups excluding carboxylic acids is 1. The van der Waals surface area contributed by atoms with Crippen molar-refractivity contribution >= 4 is 11.7 Å². The van der Waals surface area contributed by atoms with Crippen LogP contribution in [0.4, 0.5) is 5.82 Å². The van der Waals surface area contributed by atoms with Crippen LogP contribution in [0.2, 0.25) is 0 Å². The summed E-state index contributed by atoms with van der Waals surface area (Å²) in [5.41, 5.74) is 1.51. The van der Waals surface area contributed by atoms with Crippen molar-refractivity contribution in [3.63, 3.8) is 0 Å². The Bertz CT molecular complexity index is 687. The normalized spacial score (nSPS) is 10.8. The number of nitrogens with zero attached hydrogens (tertiary/aromatic N) is 4. The third-order valence-electron chi connectivity index (χ3n) is 3.75. The first kappa shape index (κ1) is 18.9. The summed E-state index contributed by atoms with van der Waals surface area (Å²) in [5.74, 6) is 1.18. The Morgan fingerprint density at radius 1 is 1.12 bits per heavy atom. The highest BCUT2D eigenvalue weighted by molar-refractivity contribution is 5.92. The van der Waals surface area contributed by atoms with Crippen LogP contribution in [0.1, 0.15) is 28.3 Å². The number of carbonyl (C=O) groups is 1. The highest BCUT2D eigenvalue weighted by atomic mass is 16.2. The molecule has 0 aliphatic carbocycles. The fourth-order valence-electron chi connectivity index (χ4n) is 2.50. The van der Waals surface area contributed by atoms with Gasteiger partial charge in [0.1, 0.15) is 17.3 Å². The minimum atomic E-state index is -0.106. The highest BCUT2D eigenvalue weighted by Gasteiger charge is 2.15. The van der Waals surface area contributed by atoms with Crippen molar-refractivity contribution in [2.45, 2.75) is 19.9 Å². The lowest BCUT2D eigenvalue weighted by Gasteiger charge is -2.17. The first-order valence-corrected chi connectivity index (χ1v) is 8.49. The first-order valence-electron chi connectivity index (χ1n) is 8.49. The molecule has 6 nitrogen and oxygen atoms in total. The fourth-order valence-corrected chi connectivity index (χ4v) is 2.50. The lowest BCUT2D eigenvalue weighted by Crippen LogP contribution is -2.27. The van der Waals surface area contributed by atoms with Crippen molar-refractivity contribution in [1.29, 1.82) is 0 Å². The van der Waals surface area contributed by atoms with E-state index in [1.807, 2.05) is 44.4 Å². The molecule has 0 aliphatic heterocycles. The van der Waals surface area contributed by atoms with Gasteiger partial charge in [-0.2, -0.15) is 0 Å². The SMILES string of the molecule is Cc1nc(NCCCN(C)C)cc(C(=O)N(C)Cc2ccccc2)n1. The van der Waals surface area contributed by atoms with E-state index in [1.165, 1.54) is 0 Å². The Morgan fingerprint density at radius 3 is 2.52 bits per heavy atom. The summed E-state index contributed by atoms with van der Waals surface area (Å²) in [7, 11) is 5.89. The van der Waals surface area contributed by atoms with Gasteiger partial charge >= 0.3 is 0 Å². The van der Waals surface area contributed by atoms with Crippen LogP contribution in [0.25, 0.3) is 0 Å². The maximum atomic E-state index is 12.7. The van der Waals surface area contributed by atoms with Crippen molar-refractivity contribution in [3.8, 4) is 0 Å². The number of aromatic nitrogens is 2. The zero-order valence-electron chi connectivity index (χ0n) is 15.5. The van der Waals surface area contributed by atoms with Crippen molar-refractivity contribution in [3.05, 3.63) is 53.5 Å². The topological polar surface area (TPSA) is 61.4 Å². The monoisotopic (exact) mass is 341 g/mol. The van der Waals surface area contributed by atoms with Crippen LogP contribution in [-0.2, 0) is 6.54 Å². The Balaban J connectivity index is 2.01. The van der Waals surface area contributed by atoms with Crippen LogP contribution in [0.15, 0.2) is 36.4 Å². The molecule has 2 aromatic rings. The molecule has 0 unspecified atom stereocenters. The van der Waals surface area contributed by atoms with Crippen molar-refractivity contribution < 1.29 is 4.79 Å². The molecule has 1 amide bonds. The fraction of sp³-hybridized carbons (Fsp3) is 0.421. The van der Waals surface area contributed by atoms with Crippen LogP contribution in [0, 0.1) is 6.92 Å². The molecule has 0 fully saturated rings. The molecule has 1 N–H and O–H groups in total. The van der Waals surface area contributed by atoms with E-state index in [0.29, 0.717) is 23.9 Å². The van der Waals surface area contributed by atoms with Gasteiger partial charge in [-0.1, -0.05) is 30.3 Å². The summed E-state index contributed by atoms with van der Waals surface area (Å²) in [6.45, 7) is 4.16. The minimum absolute atomic E-state index is 0.106. The molecule has 1 aromatic heterocycles. The minimum Gasteiger partial charge on any atom is -0.370 e. The smallest absolute Gasteiger partial charge is 0.272 e. The zero-order valence-corrected chi connectivity index (χ0v) is 15.5. The number of benzene rings is 1. The van der Waals surface area contributed by atoms with Gasteiger partial charge in [0.15, 0.2) is 0 Å². The molecule has 0 atom stereocenters. The van der Waals surface area contributed by atoms with Crippen LogP contribution in [-0.4, -0.2) is 59.9 Å². The summed E-state index contributed by atoms with van der Waals surface area (Å²) in [4.78, 5) is 25.2. The van der Waals surface area contributed by atoms with Gasteiger partial charge < -0.3 is 15.1 Å². The van der Waals surface area contributed by atoms with E-state index >= 15 is 0 Å². The molecule has 0 radical (unpaired) electrons. The van der Waals surface area contributed by atoms with Crippen LogP contribution >= 0.6 is 0 Å². The average molecular weight is 341 g/mol. The first-order chi connectivity index (χ1) is 12.0. The molecule has 0 bridgehead atoms. The zero-order chi connectivity index (χ0) is 18.2. The van der Waals surface area contributed by atoms with Crippen LogP contribution in [0.3, 0.4) is 0 Å². The number of nitrogens with one attached hydrogen (secondary N) is 1. The maximum absolute atomic E-state index is 12.7. The molecule has 0 spiro atoms. The van der Waals surface area contributed by atoms with Crippen molar-refractivity contribution in [1.82, 2.24) is 19.8 Å².